The van der Waals surface area contributed by atoms with Crippen LogP contribution in [0.25, 0.3) is 6.08 Å². The average Bonchev–Trinajstić information content (AvgIpc) is 2.11. The first kappa shape index (κ1) is 9.45. The summed E-state index contributed by atoms with van der Waals surface area (Å²) in [5.41, 5.74) is 0.279. The van der Waals surface area contributed by atoms with E-state index in [0.717, 1.165) is 6.29 Å². The lowest BCUT2D eigenvalue weighted by molar-refractivity contribution is -0.107. The van der Waals surface area contributed by atoms with Crippen LogP contribution in [0, 0.1) is 5.82 Å². The van der Waals surface area contributed by atoms with Crippen molar-refractivity contribution in [2.24, 2.45) is 0 Å². The Balaban J connectivity index is 2.86. The molecular weight excluding hydrogens is 171 g/mol. The van der Waals surface area contributed by atoms with Crippen LogP contribution in [0.2, 0.25) is 0 Å². The molecule has 1 aromatic rings. The SMILES string of the molecule is O=CCC=Cc1cc(O)ccc1F. The van der Waals surface area contributed by atoms with Gasteiger partial charge in [0.05, 0.1) is 0 Å². The van der Waals surface area contributed by atoms with Gasteiger partial charge in [-0.1, -0.05) is 12.2 Å². The summed E-state index contributed by atoms with van der Waals surface area (Å²) in [5, 5.41) is 9.02. The Bertz CT molecular complexity index is 332. The number of phenolic OH excluding ortho intramolecular Hbond substituents is 1. The van der Waals surface area contributed by atoms with Crippen molar-refractivity contribution in [3.8, 4) is 5.75 Å². The van der Waals surface area contributed by atoms with E-state index in [4.69, 9.17) is 5.11 Å². The predicted molar refractivity (Wildman–Crippen MR) is 47.8 cm³/mol. The van der Waals surface area contributed by atoms with E-state index >= 15 is 0 Å². The summed E-state index contributed by atoms with van der Waals surface area (Å²) in [6, 6.07) is 3.75. The van der Waals surface area contributed by atoms with Crippen LogP contribution in [0.4, 0.5) is 4.39 Å². The number of hydrogen-bond donors (Lipinski definition) is 1. The van der Waals surface area contributed by atoms with Gasteiger partial charge in [-0.05, 0) is 18.2 Å². The lowest BCUT2D eigenvalue weighted by Crippen LogP contribution is -1.80. The minimum Gasteiger partial charge on any atom is -0.508 e. The third-order valence-corrected chi connectivity index (χ3v) is 1.51. The summed E-state index contributed by atoms with van der Waals surface area (Å²) >= 11 is 0. The van der Waals surface area contributed by atoms with E-state index in [1.54, 1.807) is 0 Å². The molecule has 0 heterocycles. The topological polar surface area (TPSA) is 37.3 Å². The molecule has 0 aliphatic carbocycles. The number of aldehydes is 1. The second kappa shape index (κ2) is 4.40. The number of rotatable bonds is 3. The molecule has 0 fully saturated rings. The van der Waals surface area contributed by atoms with Gasteiger partial charge in [0, 0.05) is 12.0 Å². The van der Waals surface area contributed by atoms with Crippen LogP contribution in [0.15, 0.2) is 24.3 Å². The standard InChI is InChI=1S/C10H9FO2/c11-10-5-4-9(13)7-8(10)3-1-2-6-12/h1,3-7,13H,2H2. The molecule has 0 saturated carbocycles. The van der Waals surface area contributed by atoms with Crippen LogP contribution < -0.4 is 0 Å². The van der Waals surface area contributed by atoms with Crippen LogP contribution in [0.1, 0.15) is 12.0 Å². The normalized spacial score (nSPS) is 10.5. The van der Waals surface area contributed by atoms with E-state index in [-0.39, 0.29) is 17.7 Å². The van der Waals surface area contributed by atoms with Crippen molar-refractivity contribution in [1.82, 2.24) is 0 Å². The Morgan fingerprint density at radius 1 is 1.46 bits per heavy atom. The Hall–Kier alpha value is -1.64. The Kier molecular flexibility index (Phi) is 3.20. The number of halogens is 1. The summed E-state index contributed by atoms with van der Waals surface area (Å²) in [4.78, 5) is 9.95. The minimum absolute atomic E-state index is 0.00662. The second-order valence-corrected chi connectivity index (χ2v) is 2.51. The van der Waals surface area contributed by atoms with Gasteiger partial charge in [0.25, 0.3) is 0 Å². The highest BCUT2D eigenvalue weighted by Crippen LogP contribution is 2.16. The number of hydrogen-bond acceptors (Lipinski definition) is 2. The molecule has 2 nitrogen and oxygen atoms in total. The van der Waals surface area contributed by atoms with Gasteiger partial charge in [-0.2, -0.15) is 0 Å². The third-order valence-electron chi connectivity index (χ3n) is 1.51. The first-order chi connectivity index (χ1) is 6.24. The number of carbonyl (C=O) groups excluding carboxylic acids is 1. The summed E-state index contributed by atoms with van der Waals surface area (Å²) in [7, 11) is 0. The maximum absolute atomic E-state index is 12.9. The van der Waals surface area contributed by atoms with Crippen LogP contribution in [-0.4, -0.2) is 11.4 Å². The van der Waals surface area contributed by atoms with Crippen molar-refractivity contribution < 1.29 is 14.3 Å². The fourth-order valence-electron chi connectivity index (χ4n) is 0.909. The molecular formula is C10H9FO2. The largest absolute Gasteiger partial charge is 0.508 e. The fourth-order valence-corrected chi connectivity index (χ4v) is 0.909. The summed E-state index contributed by atoms with van der Waals surface area (Å²) in [5.74, 6) is -0.410. The Morgan fingerprint density at radius 3 is 2.92 bits per heavy atom. The van der Waals surface area contributed by atoms with Crippen LogP contribution in [0.5, 0.6) is 5.75 Å². The maximum atomic E-state index is 12.9. The number of allylic oxidation sites excluding steroid dienone is 1. The second-order valence-electron chi connectivity index (χ2n) is 2.51. The highest BCUT2D eigenvalue weighted by molar-refractivity contribution is 5.58. The van der Waals surface area contributed by atoms with Crippen molar-refractivity contribution in [2.45, 2.75) is 6.42 Å². The minimum atomic E-state index is -0.417. The zero-order valence-electron chi connectivity index (χ0n) is 6.90. The smallest absolute Gasteiger partial charge is 0.130 e. The molecule has 0 bridgehead atoms. The molecule has 0 saturated heterocycles. The predicted octanol–water partition coefficient (Wildman–Crippen LogP) is 2.13. The van der Waals surface area contributed by atoms with Crippen LogP contribution in [-0.2, 0) is 4.79 Å². The Morgan fingerprint density at radius 2 is 2.23 bits per heavy atom. The molecule has 0 unspecified atom stereocenters. The van der Waals surface area contributed by atoms with Gasteiger partial charge >= 0.3 is 0 Å². The highest BCUT2D eigenvalue weighted by atomic mass is 19.1. The molecule has 3 heteroatoms. The lowest BCUT2D eigenvalue weighted by atomic mass is 10.2. The molecule has 0 aliphatic rings. The van der Waals surface area contributed by atoms with E-state index in [9.17, 15) is 9.18 Å². The number of aromatic hydroxyl groups is 1. The molecule has 0 aromatic heterocycles. The first-order valence-electron chi connectivity index (χ1n) is 3.82. The fraction of sp³-hybridized carbons (Fsp3) is 0.100. The summed E-state index contributed by atoms with van der Waals surface area (Å²) in [6.45, 7) is 0. The molecule has 0 amide bonds. The third kappa shape index (κ3) is 2.71. The molecule has 0 spiro atoms. The van der Waals surface area contributed by atoms with Crippen molar-refractivity contribution in [3.05, 3.63) is 35.7 Å². The van der Waals surface area contributed by atoms with Crippen molar-refractivity contribution in [2.75, 3.05) is 0 Å². The van der Waals surface area contributed by atoms with Gasteiger partial charge in [-0.3, -0.25) is 0 Å². The monoisotopic (exact) mass is 180 g/mol. The van der Waals surface area contributed by atoms with Crippen molar-refractivity contribution in [1.29, 1.82) is 0 Å². The van der Waals surface area contributed by atoms with Crippen LogP contribution in [0.3, 0.4) is 0 Å². The van der Waals surface area contributed by atoms with Crippen molar-refractivity contribution in [3.63, 3.8) is 0 Å². The molecule has 1 N–H and O–H groups in total. The van der Waals surface area contributed by atoms with E-state index in [2.05, 4.69) is 0 Å². The van der Waals surface area contributed by atoms with Gasteiger partial charge in [0.15, 0.2) is 0 Å². The zero-order chi connectivity index (χ0) is 9.68. The lowest BCUT2D eigenvalue weighted by Gasteiger charge is -1.96. The van der Waals surface area contributed by atoms with Gasteiger partial charge in [-0.15, -0.1) is 0 Å². The quantitative estimate of drug-likeness (QED) is 0.723. The molecule has 1 aromatic carbocycles. The number of carbonyl (C=O) groups is 1. The molecule has 13 heavy (non-hydrogen) atoms. The van der Waals surface area contributed by atoms with Crippen molar-refractivity contribution >= 4 is 12.4 Å². The number of benzene rings is 1. The molecule has 0 radical (unpaired) electrons. The first-order valence-corrected chi connectivity index (χ1v) is 3.82. The van der Waals surface area contributed by atoms with E-state index in [1.807, 2.05) is 0 Å². The van der Waals surface area contributed by atoms with Gasteiger partial charge < -0.3 is 9.90 Å². The van der Waals surface area contributed by atoms with Gasteiger partial charge in [0.2, 0.25) is 0 Å². The maximum Gasteiger partial charge on any atom is 0.130 e. The van der Waals surface area contributed by atoms with E-state index in [0.29, 0.717) is 0 Å². The zero-order valence-corrected chi connectivity index (χ0v) is 6.90. The highest BCUT2D eigenvalue weighted by Gasteiger charge is 1.98. The molecule has 68 valence electrons. The summed E-state index contributed by atoms with van der Waals surface area (Å²) < 4.78 is 12.9. The van der Waals surface area contributed by atoms with Crippen LogP contribution >= 0.6 is 0 Å². The summed E-state index contributed by atoms with van der Waals surface area (Å²) in [6.07, 6.45) is 3.96. The van der Waals surface area contributed by atoms with Gasteiger partial charge in [0.1, 0.15) is 17.9 Å². The van der Waals surface area contributed by atoms with E-state index in [1.165, 1.54) is 30.4 Å². The Labute approximate surface area is 75.3 Å². The van der Waals surface area contributed by atoms with E-state index < -0.39 is 5.82 Å². The molecule has 1 rings (SSSR count). The number of phenols is 1. The average molecular weight is 180 g/mol. The van der Waals surface area contributed by atoms with Gasteiger partial charge in [-0.25, -0.2) is 4.39 Å². The molecule has 0 aliphatic heterocycles. The molecule has 0 atom stereocenters.